The zero-order chi connectivity index (χ0) is 17.7. The van der Waals surface area contributed by atoms with Gasteiger partial charge in [0.25, 0.3) is 5.91 Å². The number of aromatic nitrogens is 1. The first-order chi connectivity index (χ1) is 11.3. The Balaban J connectivity index is 2.22. The first-order valence-electron chi connectivity index (χ1n) is 6.91. The van der Waals surface area contributed by atoms with Crippen molar-refractivity contribution in [1.82, 2.24) is 10.5 Å². The molecule has 1 N–H and O–H groups in total. The molecule has 1 aromatic heterocycles. The lowest BCUT2D eigenvalue weighted by molar-refractivity contribution is -0.274. The fraction of sp³-hybridized carbons (Fsp3) is 0.333. The highest BCUT2D eigenvalue weighted by atomic mass is 19.4. The van der Waals surface area contributed by atoms with E-state index in [9.17, 15) is 18.0 Å². The van der Waals surface area contributed by atoms with Gasteiger partial charge in [0.2, 0.25) is 0 Å². The molecule has 0 aliphatic rings. The number of carbonyl (C=O) groups excluding carboxylic acids is 1. The Kier molecular flexibility index (Phi) is 5.45. The monoisotopic (exact) mass is 344 g/mol. The Morgan fingerprint density at radius 2 is 1.96 bits per heavy atom. The Bertz CT molecular complexity index is 696. The number of hydrogen-bond acceptors (Lipinski definition) is 5. The summed E-state index contributed by atoms with van der Waals surface area (Å²) in [5.41, 5.74) is 0.994. The molecule has 0 radical (unpaired) electrons. The Morgan fingerprint density at radius 3 is 2.54 bits per heavy atom. The maximum Gasteiger partial charge on any atom is 0.573 e. The molecule has 0 atom stereocenters. The Hall–Kier alpha value is -2.55. The summed E-state index contributed by atoms with van der Waals surface area (Å²) in [5.74, 6) is -0.606. The summed E-state index contributed by atoms with van der Waals surface area (Å²) in [6.07, 6.45) is -4.77. The highest BCUT2D eigenvalue weighted by Crippen LogP contribution is 2.29. The predicted octanol–water partition coefficient (Wildman–Crippen LogP) is 2.92. The molecule has 1 amide bonds. The summed E-state index contributed by atoms with van der Waals surface area (Å²) in [4.78, 5) is 12.2. The molecular weight excluding hydrogens is 329 g/mol. The summed E-state index contributed by atoms with van der Waals surface area (Å²) < 4.78 is 50.3. The van der Waals surface area contributed by atoms with Gasteiger partial charge in [0, 0.05) is 19.2 Å². The van der Waals surface area contributed by atoms with Crippen molar-refractivity contribution in [3.8, 4) is 17.1 Å². The van der Waals surface area contributed by atoms with Gasteiger partial charge in [-0.2, -0.15) is 0 Å². The molecule has 0 saturated heterocycles. The average Bonchev–Trinajstić information content (AvgIpc) is 2.88. The zero-order valence-electron chi connectivity index (χ0n) is 12.9. The molecule has 1 aromatic carbocycles. The van der Waals surface area contributed by atoms with Gasteiger partial charge in [-0.1, -0.05) is 5.16 Å². The van der Waals surface area contributed by atoms with Crippen LogP contribution in [0.25, 0.3) is 11.3 Å². The van der Waals surface area contributed by atoms with E-state index in [0.717, 1.165) is 12.1 Å². The Morgan fingerprint density at radius 1 is 1.29 bits per heavy atom. The number of ether oxygens (including phenoxy) is 2. The van der Waals surface area contributed by atoms with Crippen LogP contribution < -0.4 is 10.1 Å². The number of rotatable bonds is 6. The van der Waals surface area contributed by atoms with Gasteiger partial charge in [-0.15, -0.1) is 13.2 Å². The third-order valence-electron chi connectivity index (χ3n) is 3.03. The molecule has 6 nitrogen and oxygen atoms in total. The van der Waals surface area contributed by atoms with Gasteiger partial charge in [0.05, 0.1) is 12.3 Å². The van der Waals surface area contributed by atoms with Gasteiger partial charge >= 0.3 is 6.36 Å². The summed E-state index contributed by atoms with van der Waals surface area (Å²) >= 11 is 0. The molecule has 0 fully saturated rings. The molecule has 0 unspecified atom stereocenters. The third-order valence-corrected chi connectivity index (χ3v) is 3.03. The number of halogens is 3. The van der Waals surface area contributed by atoms with Crippen LogP contribution in [0.3, 0.4) is 0 Å². The summed E-state index contributed by atoms with van der Waals surface area (Å²) in [5, 5.41) is 6.39. The number of nitrogens with one attached hydrogen (secondary N) is 1. The number of nitrogens with zero attached hydrogens (tertiary/aromatic N) is 1. The second-order valence-electron chi connectivity index (χ2n) is 4.79. The van der Waals surface area contributed by atoms with Crippen LogP contribution in [0.15, 0.2) is 28.8 Å². The van der Waals surface area contributed by atoms with Crippen molar-refractivity contribution in [2.45, 2.75) is 13.3 Å². The number of methoxy groups -OCH3 is 1. The Labute approximate surface area is 135 Å². The van der Waals surface area contributed by atoms with Crippen molar-refractivity contribution >= 4 is 5.91 Å². The highest BCUT2D eigenvalue weighted by molar-refractivity contribution is 6.00. The number of amides is 1. The second-order valence-corrected chi connectivity index (χ2v) is 4.79. The summed E-state index contributed by atoms with van der Waals surface area (Å²) in [6, 6.07) is 4.97. The van der Waals surface area contributed by atoms with Crippen molar-refractivity contribution in [2.24, 2.45) is 0 Å². The number of alkyl halides is 3. The molecule has 0 bridgehead atoms. The molecule has 1 heterocycles. The van der Waals surface area contributed by atoms with Gasteiger partial charge in [0.15, 0.2) is 5.76 Å². The molecule has 0 aliphatic carbocycles. The SMILES string of the molecule is COCCNC(=O)c1c(C)noc1-c1ccc(OC(F)(F)F)cc1. The van der Waals surface area contributed by atoms with E-state index in [1.54, 1.807) is 6.92 Å². The predicted molar refractivity (Wildman–Crippen MR) is 77.6 cm³/mol. The van der Waals surface area contributed by atoms with Crippen molar-refractivity contribution in [2.75, 3.05) is 20.3 Å². The van der Waals surface area contributed by atoms with Gasteiger partial charge in [-0.05, 0) is 31.2 Å². The van der Waals surface area contributed by atoms with E-state index in [0.29, 0.717) is 24.4 Å². The van der Waals surface area contributed by atoms with Crippen LogP contribution in [0.5, 0.6) is 5.75 Å². The van der Waals surface area contributed by atoms with E-state index in [2.05, 4.69) is 15.2 Å². The van der Waals surface area contributed by atoms with Crippen LogP contribution in [-0.4, -0.2) is 37.7 Å². The van der Waals surface area contributed by atoms with Crippen LogP contribution in [0, 0.1) is 6.92 Å². The lowest BCUT2D eigenvalue weighted by Gasteiger charge is -2.09. The van der Waals surface area contributed by atoms with E-state index < -0.39 is 12.3 Å². The van der Waals surface area contributed by atoms with Crippen molar-refractivity contribution in [1.29, 1.82) is 0 Å². The smallest absolute Gasteiger partial charge is 0.406 e. The fourth-order valence-corrected chi connectivity index (χ4v) is 2.00. The van der Waals surface area contributed by atoms with Gasteiger partial charge in [0.1, 0.15) is 11.3 Å². The third kappa shape index (κ3) is 4.48. The van der Waals surface area contributed by atoms with Crippen molar-refractivity contribution in [3.05, 3.63) is 35.5 Å². The topological polar surface area (TPSA) is 73.6 Å². The van der Waals surface area contributed by atoms with E-state index in [1.165, 1.54) is 19.2 Å². The maximum absolute atomic E-state index is 12.2. The van der Waals surface area contributed by atoms with Crippen molar-refractivity contribution < 1.29 is 32.0 Å². The molecule has 24 heavy (non-hydrogen) atoms. The van der Waals surface area contributed by atoms with Gasteiger partial charge < -0.3 is 19.3 Å². The number of hydrogen-bond donors (Lipinski definition) is 1. The van der Waals surface area contributed by atoms with Gasteiger partial charge in [-0.25, -0.2) is 0 Å². The number of aryl methyl sites for hydroxylation is 1. The van der Waals surface area contributed by atoms with Crippen LogP contribution in [0.4, 0.5) is 13.2 Å². The van der Waals surface area contributed by atoms with Crippen LogP contribution >= 0.6 is 0 Å². The van der Waals surface area contributed by atoms with Crippen LogP contribution in [0.1, 0.15) is 16.1 Å². The quantitative estimate of drug-likeness (QED) is 0.816. The number of benzene rings is 1. The highest BCUT2D eigenvalue weighted by Gasteiger charge is 2.31. The lowest BCUT2D eigenvalue weighted by Crippen LogP contribution is -2.27. The molecule has 130 valence electrons. The van der Waals surface area contributed by atoms with Crippen LogP contribution in [0.2, 0.25) is 0 Å². The molecule has 0 saturated carbocycles. The molecular formula is C15H15F3N2O4. The number of carbonyl (C=O) groups is 1. The fourth-order valence-electron chi connectivity index (χ4n) is 2.00. The minimum atomic E-state index is -4.77. The molecule has 2 rings (SSSR count). The first-order valence-corrected chi connectivity index (χ1v) is 6.91. The minimum absolute atomic E-state index is 0.168. The van der Waals surface area contributed by atoms with Crippen molar-refractivity contribution in [3.63, 3.8) is 0 Å². The van der Waals surface area contributed by atoms with Crippen LogP contribution in [-0.2, 0) is 4.74 Å². The lowest BCUT2D eigenvalue weighted by atomic mass is 10.1. The van der Waals surface area contributed by atoms with E-state index >= 15 is 0 Å². The van der Waals surface area contributed by atoms with E-state index in [-0.39, 0.29) is 17.1 Å². The minimum Gasteiger partial charge on any atom is -0.406 e. The van der Waals surface area contributed by atoms with E-state index in [1.807, 2.05) is 0 Å². The van der Waals surface area contributed by atoms with E-state index in [4.69, 9.17) is 9.26 Å². The molecule has 0 aliphatic heterocycles. The summed E-state index contributed by atoms with van der Waals surface area (Å²) in [7, 11) is 1.51. The normalized spacial score (nSPS) is 11.4. The second kappa shape index (κ2) is 7.35. The maximum atomic E-state index is 12.2. The molecule has 9 heteroatoms. The zero-order valence-corrected chi connectivity index (χ0v) is 12.9. The molecule has 2 aromatic rings. The average molecular weight is 344 g/mol. The first kappa shape index (κ1) is 17.8. The van der Waals surface area contributed by atoms with Gasteiger partial charge in [-0.3, -0.25) is 4.79 Å². The summed E-state index contributed by atoms with van der Waals surface area (Å²) in [6.45, 7) is 2.24. The largest absolute Gasteiger partial charge is 0.573 e. The molecule has 0 spiro atoms. The standard InChI is InChI=1S/C15H15F3N2O4/c1-9-12(14(21)19-7-8-22-2)13(24-20-9)10-3-5-11(6-4-10)23-15(16,17)18/h3-6H,7-8H2,1-2H3,(H,19,21).